The van der Waals surface area contributed by atoms with Crippen molar-refractivity contribution in [2.24, 2.45) is 0 Å². The number of carbonyl (C=O) groups is 1. The van der Waals surface area contributed by atoms with Crippen molar-refractivity contribution in [1.82, 2.24) is 24.2 Å². The Balaban J connectivity index is 1.38. The predicted molar refractivity (Wildman–Crippen MR) is 128 cm³/mol. The van der Waals surface area contributed by atoms with E-state index < -0.39 is 0 Å². The van der Waals surface area contributed by atoms with Gasteiger partial charge in [-0.05, 0) is 61.4 Å². The van der Waals surface area contributed by atoms with Crippen molar-refractivity contribution in [3.63, 3.8) is 0 Å². The van der Waals surface area contributed by atoms with Crippen molar-refractivity contribution in [2.75, 3.05) is 0 Å². The van der Waals surface area contributed by atoms with Crippen molar-refractivity contribution >= 4 is 16.8 Å². The summed E-state index contributed by atoms with van der Waals surface area (Å²) >= 11 is 0. The Kier molecular flexibility index (Phi) is 4.40. The van der Waals surface area contributed by atoms with E-state index >= 15 is 0 Å². The Morgan fingerprint density at radius 3 is 2.52 bits per heavy atom. The number of pyridine rings is 1. The minimum absolute atomic E-state index is 0.0741. The summed E-state index contributed by atoms with van der Waals surface area (Å²) in [5.41, 5.74) is 6.77. The molecule has 33 heavy (non-hydrogen) atoms. The monoisotopic (exact) mass is 433 g/mol. The number of hydrogen-bond acceptors (Lipinski definition) is 3. The van der Waals surface area contributed by atoms with E-state index in [-0.39, 0.29) is 5.91 Å². The largest absolute Gasteiger partial charge is 0.327 e. The van der Waals surface area contributed by atoms with Gasteiger partial charge in [0.2, 0.25) is 0 Å². The molecule has 5 aromatic rings. The lowest BCUT2D eigenvalue weighted by Crippen LogP contribution is -2.27. The number of carbonyl (C=O) groups excluding carboxylic acids is 1. The number of aryl methyl sites for hydroxylation is 2. The predicted octanol–water partition coefficient (Wildman–Crippen LogP) is 4.98. The Morgan fingerprint density at radius 2 is 1.70 bits per heavy atom. The van der Waals surface area contributed by atoms with Crippen LogP contribution in [0.4, 0.5) is 0 Å². The Morgan fingerprint density at radius 1 is 0.879 bits per heavy atom. The third kappa shape index (κ3) is 3.22. The number of para-hydroxylation sites is 1. The third-order valence-electron chi connectivity index (χ3n) is 6.42. The zero-order valence-electron chi connectivity index (χ0n) is 18.6. The van der Waals surface area contributed by atoms with Crippen LogP contribution in [0.1, 0.15) is 32.9 Å². The van der Waals surface area contributed by atoms with Crippen LogP contribution in [0, 0.1) is 13.8 Å². The molecule has 0 saturated carbocycles. The fourth-order valence-electron chi connectivity index (χ4n) is 4.47. The van der Waals surface area contributed by atoms with E-state index in [1.165, 1.54) is 11.1 Å². The number of nitrogens with zero attached hydrogens (tertiary/aromatic N) is 5. The van der Waals surface area contributed by atoms with Gasteiger partial charge in [0, 0.05) is 23.3 Å². The second-order valence-electron chi connectivity index (χ2n) is 8.57. The molecule has 6 nitrogen and oxygen atoms in total. The molecule has 4 heterocycles. The Bertz CT molecular complexity index is 1510. The zero-order valence-corrected chi connectivity index (χ0v) is 18.6. The van der Waals surface area contributed by atoms with Crippen molar-refractivity contribution in [1.29, 1.82) is 0 Å². The van der Waals surface area contributed by atoms with Gasteiger partial charge in [-0.15, -0.1) is 0 Å². The summed E-state index contributed by atoms with van der Waals surface area (Å²) in [4.78, 5) is 19.7. The maximum atomic E-state index is 13.3. The minimum Gasteiger partial charge on any atom is -0.327 e. The highest BCUT2D eigenvalue weighted by Crippen LogP contribution is 2.31. The summed E-state index contributed by atoms with van der Waals surface area (Å²) in [5.74, 6) is 0.898. The van der Waals surface area contributed by atoms with Crippen LogP contribution in [-0.4, -0.2) is 30.1 Å². The van der Waals surface area contributed by atoms with Crippen LogP contribution in [0.3, 0.4) is 0 Å². The average Bonchev–Trinajstić information content (AvgIpc) is 3.56. The maximum absolute atomic E-state index is 13.3. The molecule has 0 bridgehead atoms. The molecule has 0 N–H and O–H groups in total. The van der Waals surface area contributed by atoms with Crippen molar-refractivity contribution in [2.45, 2.75) is 26.9 Å². The number of benzene rings is 2. The molecule has 0 aliphatic carbocycles. The lowest BCUT2D eigenvalue weighted by molar-refractivity contribution is 0.0743. The van der Waals surface area contributed by atoms with E-state index in [0.29, 0.717) is 18.8 Å². The number of rotatable bonds is 3. The second-order valence-corrected chi connectivity index (χ2v) is 8.57. The fourth-order valence-corrected chi connectivity index (χ4v) is 4.47. The number of amides is 1. The van der Waals surface area contributed by atoms with Gasteiger partial charge in [-0.2, -0.15) is 5.10 Å². The number of fused-ring (bicyclic) bond motifs is 2. The second kappa shape index (κ2) is 7.45. The molecule has 0 atom stereocenters. The number of aromatic nitrogens is 4. The SMILES string of the molecule is Cc1ccc(-n2nc3c(c2-n2cccc2)CN(C(=O)c2ccc4ccccc4n2)C3)cc1C. The van der Waals surface area contributed by atoms with Crippen LogP contribution in [0.25, 0.3) is 22.4 Å². The van der Waals surface area contributed by atoms with Gasteiger partial charge in [0.05, 0.1) is 30.0 Å². The van der Waals surface area contributed by atoms with E-state index in [1.807, 2.05) is 70.5 Å². The Labute approximate surface area is 191 Å². The van der Waals surface area contributed by atoms with Crippen LogP contribution in [-0.2, 0) is 13.1 Å². The summed E-state index contributed by atoms with van der Waals surface area (Å²) in [6.07, 6.45) is 4.04. The molecular weight excluding hydrogens is 410 g/mol. The maximum Gasteiger partial charge on any atom is 0.273 e. The molecule has 0 spiro atoms. The minimum atomic E-state index is -0.0741. The third-order valence-corrected chi connectivity index (χ3v) is 6.42. The number of hydrogen-bond donors (Lipinski definition) is 0. The summed E-state index contributed by atoms with van der Waals surface area (Å²) in [6, 6.07) is 22.0. The highest BCUT2D eigenvalue weighted by molar-refractivity contribution is 5.95. The molecule has 3 aromatic heterocycles. The lowest BCUT2D eigenvalue weighted by Gasteiger charge is -2.17. The fraction of sp³-hybridized carbons (Fsp3) is 0.148. The molecule has 1 aliphatic rings. The van der Waals surface area contributed by atoms with E-state index in [4.69, 9.17) is 5.10 Å². The summed E-state index contributed by atoms with van der Waals surface area (Å²) < 4.78 is 4.07. The first-order valence-electron chi connectivity index (χ1n) is 11.1. The van der Waals surface area contributed by atoms with Crippen molar-refractivity contribution in [3.8, 4) is 11.5 Å². The topological polar surface area (TPSA) is 56.0 Å². The molecule has 162 valence electrons. The average molecular weight is 434 g/mol. The van der Waals surface area contributed by atoms with Gasteiger partial charge in [0.25, 0.3) is 5.91 Å². The molecule has 2 aromatic carbocycles. The van der Waals surface area contributed by atoms with Gasteiger partial charge in [-0.1, -0.05) is 30.3 Å². The van der Waals surface area contributed by atoms with E-state index in [9.17, 15) is 4.79 Å². The van der Waals surface area contributed by atoms with E-state index in [2.05, 4.69) is 41.6 Å². The highest BCUT2D eigenvalue weighted by atomic mass is 16.2. The molecule has 0 saturated heterocycles. The highest BCUT2D eigenvalue weighted by Gasteiger charge is 2.32. The first-order chi connectivity index (χ1) is 16.1. The van der Waals surface area contributed by atoms with Gasteiger partial charge < -0.3 is 9.47 Å². The normalized spacial score (nSPS) is 13.0. The molecule has 1 aliphatic heterocycles. The van der Waals surface area contributed by atoms with Gasteiger partial charge in [-0.3, -0.25) is 4.79 Å². The molecular formula is C27H23N5O. The molecule has 0 fully saturated rings. The van der Waals surface area contributed by atoms with Crippen LogP contribution in [0.15, 0.2) is 79.1 Å². The smallest absolute Gasteiger partial charge is 0.273 e. The first kappa shape index (κ1) is 19.5. The van der Waals surface area contributed by atoms with Gasteiger partial charge in [0.1, 0.15) is 11.5 Å². The summed E-state index contributed by atoms with van der Waals surface area (Å²) in [7, 11) is 0. The lowest BCUT2D eigenvalue weighted by atomic mass is 10.1. The van der Waals surface area contributed by atoms with Crippen LogP contribution < -0.4 is 0 Å². The quantitative estimate of drug-likeness (QED) is 0.403. The summed E-state index contributed by atoms with van der Waals surface area (Å²) in [5, 5.41) is 5.97. The van der Waals surface area contributed by atoms with E-state index in [1.54, 1.807) is 0 Å². The van der Waals surface area contributed by atoms with Crippen molar-refractivity contribution < 1.29 is 4.79 Å². The van der Waals surface area contributed by atoms with Crippen molar-refractivity contribution in [3.05, 3.63) is 107 Å². The molecule has 0 radical (unpaired) electrons. The molecule has 1 amide bonds. The van der Waals surface area contributed by atoms with Gasteiger partial charge >= 0.3 is 0 Å². The van der Waals surface area contributed by atoms with E-state index in [0.717, 1.165) is 33.7 Å². The molecule has 6 heteroatoms. The zero-order chi connectivity index (χ0) is 22.5. The van der Waals surface area contributed by atoms with Crippen LogP contribution >= 0.6 is 0 Å². The van der Waals surface area contributed by atoms with Gasteiger partial charge in [-0.25, -0.2) is 9.67 Å². The van der Waals surface area contributed by atoms with Crippen LogP contribution in [0.2, 0.25) is 0 Å². The standard InChI is InChI=1S/C27H23N5O/c1-18-9-11-21(15-19(18)2)32-26(30-13-5-6-14-30)22-16-31(17-25(22)29-32)27(33)24-12-10-20-7-3-4-8-23(20)28-24/h3-15H,16-17H2,1-2H3. The molecule has 6 rings (SSSR count). The summed E-state index contributed by atoms with van der Waals surface area (Å²) in [6.45, 7) is 5.19. The van der Waals surface area contributed by atoms with Gasteiger partial charge in [0.15, 0.2) is 0 Å². The van der Waals surface area contributed by atoms with Crippen LogP contribution in [0.5, 0.6) is 0 Å². The first-order valence-corrected chi connectivity index (χ1v) is 11.1. The Hall–Kier alpha value is -4.19. The molecule has 0 unspecified atom stereocenters.